The lowest BCUT2D eigenvalue weighted by Crippen LogP contribution is -2.23. The van der Waals surface area contributed by atoms with E-state index in [1.807, 2.05) is 4.90 Å². The minimum Gasteiger partial charge on any atom is -0.381 e. The minimum atomic E-state index is -1.07. The minimum absolute atomic E-state index is 0.111. The Morgan fingerprint density at radius 2 is 2.00 bits per heavy atom. The molecule has 0 unspecified atom stereocenters. The van der Waals surface area contributed by atoms with Gasteiger partial charge in [0.1, 0.15) is 5.82 Å². The fourth-order valence-electron chi connectivity index (χ4n) is 2.52. The average molecular weight is 287 g/mol. The van der Waals surface area contributed by atoms with Gasteiger partial charge in [0.15, 0.2) is 11.6 Å². The first-order valence-electron chi connectivity index (χ1n) is 7.04. The van der Waals surface area contributed by atoms with Gasteiger partial charge in [-0.2, -0.15) is 0 Å². The lowest BCUT2D eigenvalue weighted by atomic mass is 10.1. The zero-order chi connectivity index (χ0) is 14.5. The Labute approximate surface area is 117 Å². The summed E-state index contributed by atoms with van der Waals surface area (Å²) < 4.78 is 45.8. The molecule has 0 N–H and O–H groups in total. The van der Waals surface area contributed by atoms with Crippen molar-refractivity contribution in [1.29, 1.82) is 0 Å². The molecule has 0 radical (unpaired) electrons. The first-order valence-corrected chi connectivity index (χ1v) is 7.04. The number of hydrogen-bond acceptors (Lipinski definition) is 2. The van der Waals surface area contributed by atoms with Gasteiger partial charge in [0.25, 0.3) is 0 Å². The predicted octanol–water partition coefficient (Wildman–Crippen LogP) is 3.35. The normalized spacial score (nSPS) is 19.7. The largest absolute Gasteiger partial charge is 0.381 e. The van der Waals surface area contributed by atoms with Gasteiger partial charge >= 0.3 is 0 Å². The van der Waals surface area contributed by atoms with Crippen LogP contribution in [0.3, 0.4) is 0 Å². The van der Waals surface area contributed by atoms with Crippen molar-refractivity contribution < 1.29 is 17.9 Å². The lowest BCUT2D eigenvalue weighted by molar-refractivity contribution is 0.101. The predicted molar refractivity (Wildman–Crippen MR) is 70.8 cm³/mol. The van der Waals surface area contributed by atoms with Crippen molar-refractivity contribution in [3.63, 3.8) is 0 Å². The van der Waals surface area contributed by atoms with E-state index in [1.54, 1.807) is 0 Å². The Bertz CT molecular complexity index is 453. The molecule has 20 heavy (non-hydrogen) atoms. The van der Waals surface area contributed by atoms with E-state index in [0.29, 0.717) is 12.5 Å². The molecular formula is C15H20F3NO. The third-order valence-electron chi connectivity index (χ3n) is 3.59. The molecule has 1 aromatic rings. The van der Waals surface area contributed by atoms with Gasteiger partial charge in [-0.25, -0.2) is 13.2 Å². The Morgan fingerprint density at radius 1 is 1.25 bits per heavy atom. The van der Waals surface area contributed by atoms with Crippen molar-refractivity contribution in [3.8, 4) is 0 Å². The lowest BCUT2D eigenvalue weighted by Gasteiger charge is -2.17. The number of halogens is 3. The van der Waals surface area contributed by atoms with Crippen LogP contribution in [0.25, 0.3) is 0 Å². The van der Waals surface area contributed by atoms with E-state index in [9.17, 15) is 13.2 Å². The van der Waals surface area contributed by atoms with E-state index in [2.05, 4.69) is 6.92 Å². The Hall–Kier alpha value is -1.07. The molecule has 2 rings (SSSR count). The number of rotatable bonds is 6. The van der Waals surface area contributed by atoms with Crippen LogP contribution in [0.2, 0.25) is 0 Å². The summed E-state index contributed by atoms with van der Waals surface area (Å²) >= 11 is 0. The molecule has 2 nitrogen and oxygen atoms in total. The van der Waals surface area contributed by atoms with E-state index in [4.69, 9.17) is 4.74 Å². The highest BCUT2D eigenvalue weighted by Gasteiger charge is 2.25. The van der Waals surface area contributed by atoms with E-state index in [1.165, 1.54) is 0 Å². The fourth-order valence-corrected chi connectivity index (χ4v) is 2.52. The number of nitrogens with zero attached hydrogens (tertiary/aromatic N) is 1. The van der Waals surface area contributed by atoms with Gasteiger partial charge in [-0.15, -0.1) is 0 Å². The second kappa shape index (κ2) is 7.09. The van der Waals surface area contributed by atoms with Crippen LogP contribution in [0.1, 0.15) is 25.3 Å². The molecule has 1 fully saturated rings. The van der Waals surface area contributed by atoms with Crippen LogP contribution in [0.4, 0.5) is 13.2 Å². The summed E-state index contributed by atoms with van der Waals surface area (Å²) in [5, 5.41) is 0. The molecule has 0 bridgehead atoms. The van der Waals surface area contributed by atoms with Gasteiger partial charge in [0.2, 0.25) is 0 Å². The summed E-state index contributed by atoms with van der Waals surface area (Å²) in [6.45, 7) is 5.08. The van der Waals surface area contributed by atoms with Crippen LogP contribution in [-0.2, 0) is 11.3 Å². The molecule has 0 amide bonds. The zero-order valence-electron chi connectivity index (χ0n) is 11.7. The van der Waals surface area contributed by atoms with Crippen molar-refractivity contribution >= 4 is 0 Å². The average Bonchev–Trinajstić information content (AvgIpc) is 2.87. The van der Waals surface area contributed by atoms with Crippen LogP contribution in [0.5, 0.6) is 0 Å². The first kappa shape index (κ1) is 15.3. The first-order chi connectivity index (χ1) is 9.61. The van der Waals surface area contributed by atoms with Crippen molar-refractivity contribution in [2.24, 2.45) is 5.92 Å². The second-order valence-corrected chi connectivity index (χ2v) is 5.29. The number of hydrogen-bond donors (Lipinski definition) is 0. The van der Waals surface area contributed by atoms with Crippen LogP contribution in [0.15, 0.2) is 12.1 Å². The molecule has 1 heterocycles. The van der Waals surface area contributed by atoms with Gasteiger partial charge < -0.3 is 4.74 Å². The summed E-state index contributed by atoms with van der Waals surface area (Å²) in [5.41, 5.74) is -0.180. The number of likely N-dealkylation sites (tertiary alicyclic amines) is 1. The van der Waals surface area contributed by atoms with E-state index in [-0.39, 0.29) is 12.1 Å². The van der Waals surface area contributed by atoms with Crippen LogP contribution in [-0.4, -0.2) is 31.2 Å². The van der Waals surface area contributed by atoms with Crippen LogP contribution in [0, 0.1) is 23.4 Å². The molecular weight excluding hydrogens is 267 g/mol. The molecule has 0 aromatic heterocycles. The van der Waals surface area contributed by atoms with Gasteiger partial charge in [-0.3, -0.25) is 4.90 Å². The molecule has 5 heteroatoms. The van der Waals surface area contributed by atoms with Gasteiger partial charge in [-0.05, 0) is 37.4 Å². The van der Waals surface area contributed by atoms with Crippen LogP contribution < -0.4 is 0 Å². The van der Waals surface area contributed by atoms with E-state index < -0.39 is 17.5 Å². The van der Waals surface area contributed by atoms with Crippen molar-refractivity contribution in [2.45, 2.75) is 26.3 Å². The summed E-state index contributed by atoms with van der Waals surface area (Å²) in [4.78, 5) is 1.95. The molecule has 1 saturated heterocycles. The van der Waals surface area contributed by atoms with Gasteiger partial charge in [0.05, 0.1) is 6.61 Å². The van der Waals surface area contributed by atoms with E-state index in [0.717, 1.165) is 44.7 Å². The summed E-state index contributed by atoms with van der Waals surface area (Å²) in [6.07, 6.45) is 1.93. The Kier molecular flexibility index (Phi) is 5.43. The van der Waals surface area contributed by atoms with E-state index >= 15 is 0 Å². The van der Waals surface area contributed by atoms with Gasteiger partial charge in [0, 0.05) is 25.3 Å². The Balaban J connectivity index is 1.91. The van der Waals surface area contributed by atoms with Crippen LogP contribution >= 0.6 is 0 Å². The third-order valence-corrected chi connectivity index (χ3v) is 3.59. The maximum absolute atomic E-state index is 13.6. The third kappa shape index (κ3) is 3.73. The van der Waals surface area contributed by atoms with Crippen molar-refractivity contribution in [3.05, 3.63) is 35.1 Å². The van der Waals surface area contributed by atoms with Crippen molar-refractivity contribution in [1.82, 2.24) is 4.90 Å². The highest BCUT2D eigenvalue weighted by atomic mass is 19.2. The molecule has 1 aliphatic heterocycles. The molecule has 0 spiro atoms. The summed E-state index contributed by atoms with van der Waals surface area (Å²) in [6, 6.07) is 1.80. The quantitative estimate of drug-likeness (QED) is 0.587. The highest BCUT2D eigenvalue weighted by molar-refractivity contribution is 5.21. The highest BCUT2D eigenvalue weighted by Crippen LogP contribution is 2.22. The molecule has 1 aliphatic rings. The molecule has 1 atom stereocenters. The molecule has 1 aromatic carbocycles. The smallest absolute Gasteiger partial charge is 0.166 e. The topological polar surface area (TPSA) is 12.5 Å². The summed E-state index contributed by atoms with van der Waals surface area (Å²) in [5.74, 6) is -2.37. The molecule has 0 saturated carbocycles. The maximum Gasteiger partial charge on any atom is 0.166 e. The Morgan fingerprint density at radius 3 is 2.75 bits per heavy atom. The zero-order valence-corrected chi connectivity index (χ0v) is 11.7. The molecule has 112 valence electrons. The standard InChI is InChI=1S/C15H20F3NO/c1-2-7-20-10-11-5-6-19(8-11)9-12-13(16)3-4-14(17)15(12)18/h3-4,11H,2,5-10H2,1H3/t11-/m0/s1. The van der Waals surface area contributed by atoms with Gasteiger partial charge in [-0.1, -0.05) is 6.92 Å². The van der Waals surface area contributed by atoms with Crippen molar-refractivity contribution in [2.75, 3.05) is 26.3 Å². The fraction of sp³-hybridized carbons (Fsp3) is 0.600. The maximum atomic E-state index is 13.6. The number of benzene rings is 1. The second-order valence-electron chi connectivity index (χ2n) is 5.29. The molecule has 0 aliphatic carbocycles. The SMILES string of the molecule is CCCOC[C@H]1CCN(Cc2c(F)ccc(F)c2F)C1. The summed E-state index contributed by atoms with van der Waals surface area (Å²) in [7, 11) is 0. The number of ether oxygens (including phenoxy) is 1. The monoisotopic (exact) mass is 287 g/mol.